The van der Waals surface area contributed by atoms with E-state index in [4.69, 9.17) is 4.74 Å². The molecule has 0 spiro atoms. The van der Waals surface area contributed by atoms with Crippen molar-refractivity contribution in [2.24, 2.45) is 5.92 Å². The maximum Gasteiger partial charge on any atom is 0.201 e. The van der Waals surface area contributed by atoms with Crippen LogP contribution < -0.4 is 4.74 Å². The van der Waals surface area contributed by atoms with Gasteiger partial charge in [0.15, 0.2) is 23.2 Å². The van der Waals surface area contributed by atoms with E-state index in [9.17, 15) is 17.6 Å². The van der Waals surface area contributed by atoms with Gasteiger partial charge in [-0.2, -0.15) is 4.39 Å². The molecule has 0 heterocycles. The van der Waals surface area contributed by atoms with E-state index in [0.717, 1.165) is 32.1 Å². The van der Waals surface area contributed by atoms with Crippen LogP contribution in [0.2, 0.25) is 0 Å². The van der Waals surface area contributed by atoms with Crippen LogP contribution >= 0.6 is 0 Å². The minimum atomic E-state index is -1.27. The monoisotopic (exact) mass is 406 g/mol. The first-order chi connectivity index (χ1) is 14.0. The Bertz CT molecular complexity index is 883. The molecule has 2 aromatic carbocycles. The third kappa shape index (κ3) is 4.49. The Kier molecular flexibility index (Phi) is 6.99. The average molecular weight is 406 g/mol. The molecule has 1 saturated carbocycles. The summed E-state index contributed by atoms with van der Waals surface area (Å²) < 4.78 is 63.3. The summed E-state index contributed by atoms with van der Waals surface area (Å²) in [5.74, 6) is -4.30. The SMILES string of the molecule is C/C=C/Oc1ccc(-c2ccc(C3CCC(CCC)CC3)c(F)c2F)c(F)c1F. The molecule has 0 radical (unpaired) electrons. The number of hydrogen-bond donors (Lipinski definition) is 0. The van der Waals surface area contributed by atoms with Crippen molar-refractivity contribution in [1.29, 1.82) is 0 Å². The van der Waals surface area contributed by atoms with Crippen LogP contribution in [0, 0.1) is 29.2 Å². The molecule has 1 aliphatic carbocycles. The molecular formula is C24H26F4O. The lowest BCUT2D eigenvalue weighted by Crippen LogP contribution is -2.15. The van der Waals surface area contributed by atoms with Crippen LogP contribution in [-0.4, -0.2) is 0 Å². The lowest BCUT2D eigenvalue weighted by atomic mass is 9.77. The van der Waals surface area contributed by atoms with Crippen LogP contribution in [0.4, 0.5) is 17.6 Å². The van der Waals surface area contributed by atoms with Gasteiger partial charge in [0.2, 0.25) is 5.82 Å². The van der Waals surface area contributed by atoms with Gasteiger partial charge in [0.05, 0.1) is 6.26 Å². The average Bonchev–Trinajstić information content (AvgIpc) is 2.73. The van der Waals surface area contributed by atoms with E-state index in [0.29, 0.717) is 11.5 Å². The summed E-state index contributed by atoms with van der Waals surface area (Å²) >= 11 is 0. The van der Waals surface area contributed by atoms with Gasteiger partial charge in [-0.15, -0.1) is 0 Å². The van der Waals surface area contributed by atoms with Crippen LogP contribution in [0.5, 0.6) is 5.75 Å². The van der Waals surface area contributed by atoms with Crippen molar-refractivity contribution in [3.63, 3.8) is 0 Å². The second kappa shape index (κ2) is 9.47. The Morgan fingerprint density at radius 1 is 0.862 bits per heavy atom. The molecule has 0 aromatic heterocycles. The fraction of sp³-hybridized carbons (Fsp3) is 0.417. The highest BCUT2D eigenvalue weighted by Gasteiger charge is 2.27. The standard InChI is InChI=1S/C24H26F4O/c1-3-5-15-6-8-16(9-7-15)17-10-11-18(22(26)21(17)25)19-12-13-20(29-14-4-2)24(28)23(19)27/h4,10-16H,3,5-9H2,1-2H3/b14-4+. The first-order valence-electron chi connectivity index (χ1n) is 10.2. The predicted molar refractivity (Wildman–Crippen MR) is 107 cm³/mol. The lowest BCUT2D eigenvalue weighted by Gasteiger charge is -2.29. The Hall–Kier alpha value is -2.30. The van der Waals surface area contributed by atoms with Crippen LogP contribution in [0.1, 0.15) is 63.9 Å². The third-order valence-electron chi connectivity index (χ3n) is 5.76. The topological polar surface area (TPSA) is 9.23 Å². The second-order valence-electron chi connectivity index (χ2n) is 7.66. The van der Waals surface area contributed by atoms with Crippen molar-refractivity contribution in [2.45, 2.75) is 58.3 Å². The Balaban J connectivity index is 1.88. The van der Waals surface area contributed by atoms with E-state index < -0.39 is 23.3 Å². The van der Waals surface area contributed by atoms with Crippen molar-refractivity contribution in [3.05, 3.63) is 65.4 Å². The van der Waals surface area contributed by atoms with Gasteiger partial charge in [-0.05, 0) is 62.1 Å². The molecule has 29 heavy (non-hydrogen) atoms. The highest BCUT2D eigenvalue weighted by molar-refractivity contribution is 5.66. The minimum Gasteiger partial charge on any atom is -0.462 e. The molecule has 0 saturated heterocycles. The molecule has 5 heteroatoms. The number of rotatable bonds is 6. The van der Waals surface area contributed by atoms with Gasteiger partial charge in [0.25, 0.3) is 0 Å². The van der Waals surface area contributed by atoms with Gasteiger partial charge < -0.3 is 4.74 Å². The largest absolute Gasteiger partial charge is 0.462 e. The van der Waals surface area contributed by atoms with Crippen LogP contribution in [-0.2, 0) is 0 Å². The van der Waals surface area contributed by atoms with Crippen molar-refractivity contribution in [1.82, 2.24) is 0 Å². The Labute approximate surface area is 169 Å². The highest BCUT2D eigenvalue weighted by atomic mass is 19.2. The van der Waals surface area contributed by atoms with Gasteiger partial charge in [-0.1, -0.05) is 38.0 Å². The predicted octanol–water partition coefficient (Wildman–Crippen LogP) is 7.90. The number of hydrogen-bond acceptors (Lipinski definition) is 1. The summed E-state index contributed by atoms with van der Waals surface area (Å²) in [6.45, 7) is 3.82. The highest BCUT2D eigenvalue weighted by Crippen LogP contribution is 2.40. The first kappa shape index (κ1) is 21.4. The van der Waals surface area contributed by atoms with Gasteiger partial charge in [-0.3, -0.25) is 0 Å². The fourth-order valence-corrected chi connectivity index (χ4v) is 4.23. The number of allylic oxidation sites excluding steroid dienone is 1. The quantitative estimate of drug-likeness (QED) is 0.350. The van der Waals surface area contributed by atoms with E-state index in [1.165, 1.54) is 43.0 Å². The molecule has 156 valence electrons. The maximum atomic E-state index is 14.8. The van der Waals surface area contributed by atoms with Crippen LogP contribution in [0.3, 0.4) is 0 Å². The minimum absolute atomic E-state index is 0.0372. The molecular weight excluding hydrogens is 380 g/mol. The van der Waals surface area contributed by atoms with Gasteiger partial charge in [0.1, 0.15) is 0 Å². The van der Waals surface area contributed by atoms with Crippen LogP contribution in [0.25, 0.3) is 11.1 Å². The maximum absolute atomic E-state index is 14.8. The second-order valence-corrected chi connectivity index (χ2v) is 7.66. The Morgan fingerprint density at radius 3 is 2.10 bits per heavy atom. The third-order valence-corrected chi connectivity index (χ3v) is 5.76. The molecule has 2 aromatic rings. The Morgan fingerprint density at radius 2 is 1.48 bits per heavy atom. The molecule has 1 aliphatic rings. The van der Waals surface area contributed by atoms with Crippen molar-refractivity contribution >= 4 is 0 Å². The molecule has 0 unspecified atom stereocenters. The van der Waals surface area contributed by atoms with Crippen molar-refractivity contribution in [2.75, 3.05) is 0 Å². The molecule has 1 nitrogen and oxygen atoms in total. The van der Waals surface area contributed by atoms with E-state index in [2.05, 4.69) is 6.92 Å². The molecule has 0 amide bonds. The smallest absolute Gasteiger partial charge is 0.201 e. The summed E-state index contributed by atoms with van der Waals surface area (Å²) in [4.78, 5) is 0. The molecule has 1 fully saturated rings. The van der Waals surface area contributed by atoms with E-state index >= 15 is 0 Å². The first-order valence-corrected chi connectivity index (χ1v) is 10.2. The number of benzene rings is 2. The number of halogens is 4. The summed E-state index contributed by atoms with van der Waals surface area (Å²) in [5, 5.41) is 0. The molecule has 0 N–H and O–H groups in total. The summed E-state index contributed by atoms with van der Waals surface area (Å²) in [5.41, 5.74) is -0.292. The fourth-order valence-electron chi connectivity index (χ4n) is 4.23. The zero-order valence-electron chi connectivity index (χ0n) is 16.8. The van der Waals surface area contributed by atoms with Crippen molar-refractivity contribution < 1.29 is 22.3 Å². The molecule has 3 rings (SSSR count). The van der Waals surface area contributed by atoms with E-state index in [1.807, 2.05) is 0 Å². The summed E-state index contributed by atoms with van der Waals surface area (Å²) in [7, 11) is 0. The zero-order valence-corrected chi connectivity index (χ0v) is 16.8. The van der Waals surface area contributed by atoms with Gasteiger partial charge in [0, 0.05) is 11.1 Å². The van der Waals surface area contributed by atoms with E-state index in [-0.39, 0.29) is 22.8 Å². The molecule has 0 atom stereocenters. The van der Waals surface area contributed by atoms with Gasteiger partial charge in [-0.25, -0.2) is 13.2 Å². The van der Waals surface area contributed by atoms with Crippen LogP contribution in [0.15, 0.2) is 36.6 Å². The summed E-state index contributed by atoms with van der Waals surface area (Å²) in [6, 6.07) is 5.26. The number of ether oxygens (including phenoxy) is 1. The van der Waals surface area contributed by atoms with Gasteiger partial charge >= 0.3 is 0 Å². The normalized spacial score (nSPS) is 19.7. The lowest BCUT2D eigenvalue weighted by molar-refractivity contribution is 0.303. The summed E-state index contributed by atoms with van der Waals surface area (Å²) in [6.07, 6.45) is 8.69. The molecule has 0 aliphatic heterocycles. The molecule has 0 bridgehead atoms. The van der Waals surface area contributed by atoms with E-state index in [1.54, 1.807) is 6.92 Å². The van der Waals surface area contributed by atoms with Crippen molar-refractivity contribution in [3.8, 4) is 16.9 Å². The zero-order chi connectivity index (χ0) is 21.0.